The van der Waals surface area contributed by atoms with Gasteiger partial charge in [-0.2, -0.15) is 0 Å². The van der Waals surface area contributed by atoms with Gasteiger partial charge in [0.05, 0.1) is 19.2 Å². The third-order valence-electron chi connectivity index (χ3n) is 4.44. The predicted molar refractivity (Wildman–Crippen MR) is 127 cm³/mol. The molecule has 1 aromatic heterocycles. The third kappa shape index (κ3) is 6.61. The standard InChI is InChI=1S/C19H25FN4O3S2.HI/c1-3-22-19(23-10-16-8-9-18(28-16)29(21,25)26)24-11-13(2)27-17(12-24)14-4-6-15(20)7-5-14;/h4-9,13,17H,3,10-12H2,1-2H3,(H,22,23)(H2,21,25,26);1H. The predicted octanol–water partition coefficient (Wildman–Crippen LogP) is 3.08. The number of primary sulfonamides is 1. The highest BCUT2D eigenvalue weighted by Crippen LogP contribution is 2.26. The number of benzene rings is 1. The number of halogens is 2. The maximum atomic E-state index is 13.2. The van der Waals surface area contributed by atoms with Crippen molar-refractivity contribution < 1.29 is 17.5 Å². The summed E-state index contributed by atoms with van der Waals surface area (Å²) in [4.78, 5) is 7.59. The number of morpholine rings is 1. The van der Waals surface area contributed by atoms with E-state index in [9.17, 15) is 12.8 Å². The molecule has 7 nitrogen and oxygen atoms in total. The van der Waals surface area contributed by atoms with Crippen molar-refractivity contribution in [3.63, 3.8) is 0 Å². The zero-order valence-electron chi connectivity index (χ0n) is 16.7. The second-order valence-electron chi connectivity index (χ2n) is 6.83. The Kier molecular flexibility index (Phi) is 9.03. The Bertz CT molecular complexity index is 966. The molecule has 0 spiro atoms. The SMILES string of the molecule is CCNC(=NCc1ccc(S(N)(=O)=O)s1)N1CC(C)OC(c2ccc(F)cc2)C1.I. The molecule has 0 aliphatic carbocycles. The normalized spacial score (nSPS) is 20.0. The van der Waals surface area contributed by atoms with Crippen molar-refractivity contribution in [3.8, 4) is 0 Å². The molecular weight excluding hydrogens is 542 g/mol. The van der Waals surface area contributed by atoms with E-state index in [1.165, 1.54) is 18.2 Å². The monoisotopic (exact) mass is 568 g/mol. The molecule has 166 valence electrons. The first-order valence-corrected chi connectivity index (χ1v) is 11.7. The maximum absolute atomic E-state index is 13.2. The second-order valence-corrected chi connectivity index (χ2v) is 9.78. The first-order valence-electron chi connectivity index (χ1n) is 9.32. The van der Waals surface area contributed by atoms with Crippen LogP contribution in [0.5, 0.6) is 0 Å². The van der Waals surface area contributed by atoms with E-state index in [-0.39, 0.29) is 46.2 Å². The molecule has 2 unspecified atom stereocenters. The molecule has 1 aliphatic heterocycles. The highest BCUT2D eigenvalue weighted by Gasteiger charge is 2.28. The summed E-state index contributed by atoms with van der Waals surface area (Å²) in [5.74, 6) is 0.444. The topological polar surface area (TPSA) is 97.0 Å². The summed E-state index contributed by atoms with van der Waals surface area (Å²) in [6.45, 7) is 6.25. The highest BCUT2D eigenvalue weighted by molar-refractivity contribution is 14.0. The Morgan fingerprint density at radius 3 is 2.60 bits per heavy atom. The molecule has 30 heavy (non-hydrogen) atoms. The van der Waals surface area contributed by atoms with Crippen molar-refractivity contribution in [2.24, 2.45) is 10.1 Å². The van der Waals surface area contributed by atoms with Gasteiger partial charge in [-0.15, -0.1) is 35.3 Å². The molecule has 3 rings (SSSR count). The number of rotatable bonds is 5. The van der Waals surface area contributed by atoms with Gasteiger partial charge in [-0.25, -0.2) is 22.9 Å². The number of aliphatic imine (C=N–C) groups is 1. The first kappa shape index (κ1) is 25.0. The molecule has 1 aliphatic rings. The molecule has 2 atom stereocenters. The molecule has 1 saturated heterocycles. The van der Waals surface area contributed by atoms with Crippen molar-refractivity contribution in [3.05, 3.63) is 52.7 Å². The third-order valence-corrected chi connectivity index (χ3v) is 6.95. The summed E-state index contributed by atoms with van der Waals surface area (Å²) in [6, 6.07) is 9.56. The van der Waals surface area contributed by atoms with Crippen molar-refractivity contribution >= 4 is 51.3 Å². The zero-order valence-corrected chi connectivity index (χ0v) is 20.7. The number of hydrogen-bond donors (Lipinski definition) is 2. The van der Waals surface area contributed by atoms with E-state index in [0.717, 1.165) is 27.7 Å². The Labute approximate surface area is 197 Å². The van der Waals surface area contributed by atoms with Crippen molar-refractivity contribution in [1.29, 1.82) is 0 Å². The van der Waals surface area contributed by atoms with E-state index in [2.05, 4.69) is 15.2 Å². The van der Waals surface area contributed by atoms with E-state index in [0.29, 0.717) is 26.2 Å². The fourth-order valence-electron chi connectivity index (χ4n) is 3.16. The summed E-state index contributed by atoms with van der Waals surface area (Å²) in [5.41, 5.74) is 0.912. The maximum Gasteiger partial charge on any atom is 0.247 e. The van der Waals surface area contributed by atoms with Crippen molar-refractivity contribution in [2.45, 2.75) is 36.8 Å². The number of ether oxygens (including phenoxy) is 1. The lowest BCUT2D eigenvalue weighted by Crippen LogP contribution is -2.50. The van der Waals surface area contributed by atoms with Crippen LogP contribution in [0.15, 0.2) is 45.6 Å². The van der Waals surface area contributed by atoms with E-state index >= 15 is 0 Å². The minimum atomic E-state index is -3.70. The Hall–Kier alpha value is -1.28. The Morgan fingerprint density at radius 1 is 1.30 bits per heavy atom. The zero-order chi connectivity index (χ0) is 21.0. The van der Waals surface area contributed by atoms with Crippen LogP contribution >= 0.6 is 35.3 Å². The molecular formula is C19H26FIN4O3S2. The molecule has 2 heterocycles. The number of sulfonamides is 1. The lowest BCUT2D eigenvalue weighted by Gasteiger charge is -2.38. The number of nitrogens with one attached hydrogen (secondary N) is 1. The Balaban J connectivity index is 0.00000320. The largest absolute Gasteiger partial charge is 0.367 e. The molecule has 1 fully saturated rings. The van der Waals surface area contributed by atoms with Crippen LogP contribution < -0.4 is 10.5 Å². The minimum absolute atomic E-state index is 0. The number of thiophene rings is 1. The van der Waals surface area contributed by atoms with Gasteiger partial charge in [-0.3, -0.25) is 0 Å². The van der Waals surface area contributed by atoms with Crippen LogP contribution in [-0.2, 0) is 21.3 Å². The van der Waals surface area contributed by atoms with E-state index in [1.54, 1.807) is 18.2 Å². The smallest absolute Gasteiger partial charge is 0.247 e. The van der Waals surface area contributed by atoms with Gasteiger partial charge in [-0.05, 0) is 43.7 Å². The van der Waals surface area contributed by atoms with Gasteiger partial charge in [0.15, 0.2) is 5.96 Å². The van der Waals surface area contributed by atoms with Gasteiger partial charge in [0, 0.05) is 18.0 Å². The van der Waals surface area contributed by atoms with Crippen molar-refractivity contribution in [1.82, 2.24) is 10.2 Å². The fraction of sp³-hybridized carbons (Fsp3) is 0.421. The quantitative estimate of drug-likeness (QED) is 0.329. The summed E-state index contributed by atoms with van der Waals surface area (Å²) in [6.07, 6.45) is -0.225. The second kappa shape index (κ2) is 10.8. The number of hydrogen-bond acceptors (Lipinski definition) is 5. The lowest BCUT2D eigenvalue weighted by atomic mass is 10.1. The van der Waals surface area contributed by atoms with Gasteiger partial charge in [-0.1, -0.05) is 12.1 Å². The fourth-order valence-corrected chi connectivity index (χ4v) is 4.86. The molecule has 1 aromatic carbocycles. The molecule has 0 saturated carbocycles. The number of nitrogens with two attached hydrogens (primary N) is 1. The van der Waals surface area contributed by atoms with E-state index in [4.69, 9.17) is 9.88 Å². The lowest BCUT2D eigenvalue weighted by molar-refractivity contribution is -0.0605. The average molecular weight is 568 g/mol. The van der Waals surface area contributed by atoms with Gasteiger partial charge in [0.25, 0.3) is 0 Å². The minimum Gasteiger partial charge on any atom is -0.367 e. The summed E-state index contributed by atoms with van der Waals surface area (Å²) < 4.78 is 42.3. The molecule has 11 heteroatoms. The van der Waals surface area contributed by atoms with Crippen LogP contribution in [0.3, 0.4) is 0 Å². The van der Waals surface area contributed by atoms with E-state index < -0.39 is 10.0 Å². The molecule has 3 N–H and O–H groups in total. The molecule has 0 bridgehead atoms. The average Bonchev–Trinajstić information content (AvgIpc) is 3.15. The van der Waals surface area contributed by atoms with Crippen LogP contribution in [0.1, 0.15) is 30.4 Å². The van der Waals surface area contributed by atoms with E-state index in [1.807, 2.05) is 13.8 Å². The van der Waals surface area contributed by atoms with Gasteiger partial charge in [0.1, 0.15) is 16.1 Å². The van der Waals surface area contributed by atoms with Crippen LogP contribution in [-0.4, -0.2) is 45.0 Å². The van der Waals surface area contributed by atoms with Gasteiger partial charge < -0.3 is 15.0 Å². The Morgan fingerprint density at radius 2 is 2.00 bits per heavy atom. The van der Waals surface area contributed by atoms with Gasteiger partial charge >= 0.3 is 0 Å². The van der Waals surface area contributed by atoms with Crippen LogP contribution in [0.25, 0.3) is 0 Å². The summed E-state index contributed by atoms with van der Waals surface area (Å²) in [5, 5.41) is 8.46. The highest BCUT2D eigenvalue weighted by atomic mass is 127. The van der Waals surface area contributed by atoms with Gasteiger partial charge in [0.2, 0.25) is 10.0 Å². The molecule has 2 aromatic rings. The summed E-state index contributed by atoms with van der Waals surface area (Å²) in [7, 11) is -3.70. The first-order chi connectivity index (χ1) is 13.8. The number of guanidine groups is 1. The summed E-state index contributed by atoms with van der Waals surface area (Å²) >= 11 is 1.12. The van der Waals surface area contributed by atoms with Crippen LogP contribution in [0, 0.1) is 5.82 Å². The van der Waals surface area contributed by atoms with Crippen LogP contribution in [0.2, 0.25) is 0 Å². The number of nitrogens with zero attached hydrogens (tertiary/aromatic N) is 2. The van der Waals surface area contributed by atoms with Crippen LogP contribution in [0.4, 0.5) is 4.39 Å². The molecule has 0 amide bonds. The molecule has 0 radical (unpaired) electrons. The van der Waals surface area contributed by atoms with Crippen molar-refractivity contribution in [2.75, 3.05) is 19.6 Å².